The van der Waals surface area contributed by atoms with E-state index in [9.17, 15) is 22.4 Å². The Hall–Kier alpha value is -2.82. The standard InChI is InChI=1S/C25H34FN3O6S/c1-25(2,3)34-21(30)16-18(11-7-10-17-8-5-4-6-9-17)24-27-22(28-35-24)23(31)29-36(32,33)20-14-12-19(26)13-15-20/h12-15,17-18H,4-11,16H2,1-3H3,(H,29,31)/t18-/m0/s1. The molecule has 3 rings (SSSR count). The van der Waals surface area contributed by atoms with Crippen LogP contribution < -0.4 is 4.72 Å². The van der Waals surface area contributed by atoms with Crippen molar-refractivity contribution in [2.75, 3.05) is 0 Å². The minimum Gasteiger partial charge on any atom is -0.460 e. The van der Waals surface area contributed by atoms with Gasteiger partial charge in [-0.15, -0.1) is 0 Å². The zero-order valence-corrected chi connectivity index (χ0v) is 21.8. The molecule has 1 atom stereocenters. The van der Waals surface area contributed by atoms with E-state index in [1.165, 1.54) is 32.1 Å². The van der Waals surface area contributed by atoms with Crippen LogP contribution in [0, 0.1) is 11.7 Å². The van der Waals surface area contributed by atoms with Crippen LogP contribution in [0.25, 0.3) is 0 Å². The summed E-state index contributed by atoms with van der Waals surface area (Å²) in [6.07, 6.45) is 8.66. The van der Waals surface area contributed by atoms with Gasteiger partial charge in [0, 0.05) is 5.92 Å². The fourth-order valence-electron chi connectivity index (χ4n) is 4.36. The highest BCUT2D eigenvalue weighted by atomic mass is 32.2. The molecule has 1 aliphatic rings. The quantitative estimate of drug-likeness (QED) is 0.436. The first-order valence-electron chi connectivity index (χ1n) is 12.3. The van der Waals surface area contributed by atoms with Crippen LogP contribution in [-0.2, 0) is 19.6 Å². The van der Waals surface area contributed by atoms with E-state index in [-0.39, 0.29) is 17.2 Å². The van der Waals surface area contributed by atoms with E-state index in [1.807, 2.05) is 4.72 Å². The van der Waals surface area contributed by atoms with Crippen molar-refractivity contribution in [3.8, 4) is 0 Å². The van der Waals surface area contributed by atoms with Crippen LogP contribution in [0.2, 0.25) is 0 Å². The van der Waals surface area contributed by atoms with Gasteiger partial charge in [-0.3, -0.25) is 9.59 Å². The Kier molecular flexibility index (Phi) is 9.21. The van der Waals surface area contributed by atoms with Gasteiger partial charge in [0.2, 0.25) is 5.89 Å². The van der Waals surface area contributed by atoms with Crippen LogP contribution in [0.5, 0.6) is 0 Å². The molecule has 0 aliphatic heterocycles. The van der Waals surface area contributed by atoms with Crippen molar-refractivity contribution in [3.05, 3.63) is 41.8 Å². The predicted molar refractivity (Wildman–Crippen MR) is 129 cm³/mol. The first-order valence-corrected chi connectivity index (χ1v) is 13.8. The summed E-state index contributed by atoms with van der Waals surface area (Å²) >= 11 is 0. The Labute approximate surface area is 211 Å². The van der Waals surface area contributed by atoms with E-state index in [2.05, 4.69) is 10.1 Å². The number of nitrogens with zero attached hydrogens (tertiary/aromatic N) is 2. The minimum absolute atomic E-state index is 0.000925. The molecule has 9 nitrogen and oxygen atoms in total. The number of carbonyl (C=O) groups excluding carboxylic acids is 2. The van der Waals surface area contributed by atoms with Crippen LogP contribution >= 0.6 is 0 Å². The van der Waals surface area contributed by atoms with Crippen molar-refractivity contribution in [1.29, 1.82) is 0 Å². The third-order valence-electron chi connectivity index (χ3n) is 6.07. The van der Waals surface area contributed by atoms with Crippen molar-refractivity contribution in [2.45, 2.75) is 95.0 Å². The molecule has 11 heteroatoms. The number of hydrogen-bond acceptors (Lipinski definition) is 8. The number of halogens is 1. The molecule has 0 radical (unpaired) electrons. The first-order chi connectivity index (χ1) is 16.9. The molecule has 1 N–H and O–H groups in total. The van der Waals surface area contributed by atoms with Crippen LogP contribution in [-0.4, -0.2) is 36.0 Å². The predicted octanol–water partition coefficient (Wildman–Crippen LogP) is 4.89. The second kappa shape index (κ2) is 11.9. The van der Waals surface area contributed by atoms with Crippen molar-refractivity contribution in [2.24, 2.45) is 5.92 Å². The summed E-state index contributed by atoms with van der Waals surface area (Å²) in [6, 6.07) is 4.02. The molecule has 1 saturated carbocycles. The van der Waals surface area contributed by atoms with Gasteiger partial charge >= 0.3 is 11.9 Å². The molecule has 0 bridgehead atoms. The van der Waals surface area contributed by atoms with E-state index in [0.717, 1.165) is 37.1 Å². The molecule has 198 valence electrons. The number of hydrogen-bond donors (Lipinski definition) is 1. The van der Waals surface area contributed by atoms with Gasteiger partial charge in [-0.05, 0) is 57.4 Å². The minimum atomic E-state index is -4.26. The SMILES string of the molecule is CC(C)(C)OC(=O)C[C@H](CCCC1CCCCC1)c1nc(C(=O)NS(=O)(=O)c2ccc(F)cc2)no1. The maximum atomic E-state index is 13.1. The van der Waals surface area contributed by atoms with Crippen LogP contribution in [0.4, 0.5) is 4.39 Å². The molecule has 0 spiro atoms. The number of carbonyl (C=O) groups is 2. The summed E-state index contributed by atoms with van der Waals surface area (Å²) in [7, 11) is -4.26. The summed E-state index contributed by atoms with van der Waals surface area (Å²) in [5.41, 5.74) is -0.654. The zero-order chi connectivity index (χ0) is 26.3. The highest BCUT2D eigenvalue weighted by molar-refractivity contribution is 7.90. The number of amides is 1. The smallest absolute Gasteiger partial charge is 0.307 e. The Balaban J connectivity index is 1.69. The van der Waals surface area contributed by atoms with Gasteiger partial charge in [0.05, 0.1) is 11.3 Å². The molecule has 1 aliphatic carbocycles. The van der Waals surface area contributed by atoms with Gasteiger partial charge in [-0.1, -0.05) is 50.1 Å². The van der Waals surface area contributed by atoms with E-state index >= 15 is 0 Å². The number of nitrogens with one attached hydrogen (secondary N) is 1. The lowest BCUT2D eigenvalue weighted by Gasteiger charge is -2.23. The fraction of sp³-hybridized carbons (Fsp3) is 0.600. The van der Waals surface area contributed by atoms with Gasteiger partial charge in [0.15, 0.2) is 0 Å². The van der Waals surface area contributed by atoms with Gasteiger partial charge < -0.3 is 9.26 Å². The molecule has 1 amide bonds. The summed E-state index contributed by atoms with van der Waals surface area (Å²) in [4.78, 5) is 28.9. The van der Waals surface area contributed by atoms with Gasteiger partial charge in [0.1, 0.15) is 11.4 Å². The molecule has 36 heavy (non-hydrogen) atoms. The molecule has 1 fully saturated rings. The number of sulfonamides is 1. The summed E-state index contributed by atoms with van der Waals surface area (Å²) < 4.78 is 50.6. The van der Waals surface area contributed by atoms with Crippen LogP contribution in [0.3, 0.4) is 0 Å². The van der Waals surface area contributed by atoms with Crippen molar-refractivity contribution in [3.63, 3.8) is 0 Å². The molecule has 0 saturated heterocycles. The Morgan fingerprint density at radius 3 is 2.47 bits per heavy atom. The van der Waals surface area contributed by atoms with Gasteiger partial charge in [-0.25, -0.2) is 17.5 Å². The second-order valence-electron chi connectivity index (χ2n) is 10.3. The lowest BCUT2D eigenvalue weighted by atomic mass is 9.84. The van der Waals surface area contributed by atoms with E-state index in [4.69, 9.17) is 9.26 Å². The van der Waals surface area contributed by atoms with Gasteiger partial charge in [-0.2, -0.15) is 4.98 Å². The molecular weight excluding hydrogens is 489 g/mol. The third kappa shape index (κ3) is 8.39. The van der Waals surface area contributed by atoms with Crippen molar-refractivity contribution >= 4 is 21.9 Å². The Morgan fingerprint density at radius 2 is 1.83 bits per heavy atom. The van der Waals surface area contributed by atoms with Crippen LogP contribution in [0.15, 0.2) is 33.7 Å². The van der Waals surface area contributed by atoms with E-state index in [0.29, 0.717) is 12.3 Å². The highest BCUT2D eigenvalue weighted by Gasteiger charge is 2.29. The van der Waals surface area contributed by atoms with E-state index < -0.39 is 45.1 Å². The fourth-order valence-corrected chi connectivity index (χ4v) is 5.31. The van der Waals surface area contributed by atoms with Crippen molar-refractivity contribution < 1.29 is 31.7 Å². The lowest BCUT2D eigenvalue weighted by Crippen LogP contribution is -2.31. The summed E-state index contributed by atoms with van der Waals surface area (Å²) in [6.45, 7) is 5.33. The normalized spacial score (nSPS) is 15.9. The number of rotatable bonds is 10. The Morgan fingerprint density at radius 1 is 1.17 bits per heavy atom. The van der Waals surface area contributed by atoms with Crippen molar-refractivity contribution in [1.82, 2.24) is 14.9 Å². The number of benzene rings is 1. The number of ether oxygens (including phenoxy) is 1. The molecule has 1 aromatic carbocycles. The second-order valence-corrected chi connectivity index (χ2v) is 11.9. The third-order valence-corrected chi connectivity index (χ3v) is 7.41. The first kappa shape index (κ1) is 27.8. The molecule has 1 aromatic heterocycles. The average molecular weight is 524 g/mol. The number of esters is 1. The molecule has 2 aromatic rings. The maximum Gasteiger partial charge on any atom is 0.307 e. The number of aromatic nitrogens is 2. The monoisotopic (exact) mass is 523 g/mol. The molecule has 1 heterocycles. The molecular formula is C25H34FN3O6S. The topological polar surface area (TPSA) is 128 Å². The van der Waals surface area contributed by atoms with Gasteiger partial charge in [0.25, 0.3) is 15.8 Å². The zero-order valence-electron chi connectivity index (χ0n) is 21.0. The largest absolute Gasteiger partial charge is 0.460 e. The molecule has 0 unspecified atom stereocenters. The maximum absolute atomic E-state index is 13.1. The summed E-state index contributed by atoms with van der Waals surface area (Å²) in [5.74, 6) is -2.32. The Bertz CT molecular complexity index is 1140. The summed E-state index contributed by atoms with van der Waals surface area (Å²) in [5, 5.41) is 3.63. The highest BCUT2D eigenvalue weighted by Crippen LogP contribution is 2.31. The van der Waals surface area contributed by atoms with Crippen LogP contribution in [0.1, 0.15) is 101 Å². The average Bonchev–Trinajstić information content (AvgIpc) is 3.28. The van der Waals surface area contributed by atoms with E-state index in [1.54, 1.807) is 20.8 Å². The lowest BCUT2D eigenvalue weighted by molar-refractivity contribution is -0.155.